The van der Waals surface area contributed by atoms with Crippen molar-refractivity contribution in [2.75, 3.05) is 104 Å². The first kappa shape index (κ1) is 97.5. The lowest BCUT2D eigenvalue weighted by atomic mass is 9.89. The average molecular weight is 1940 g/mol. The summed E-state index contributed by atoms with van der Waals surface area (Å²) in [6.07, 6.45) is -5.76. The van der Waals surface area contributed by atoms with Crippen LogP contribution in [0.3, 0.4) is 0 Å². The Hall–Kier alpha value is -12.0. The van der Waals surface area contributed by atoms with E-state index in [1.54, 1.807) is 0 Å². The number of H-pyrrole nitrogens is 2. The predicted molar refractivity (Wildman–Crippen MR) is 465 cm³/mol. The molecule has 4 aromatic heterocycles. The van der Waals surface area contributed by atoms with Gasteiger partial charge in [0.15, 0.2) is 11.3 Å². The molecule has 0 radical (unpaired) electrons. The third-order valence-electron chi connectivity index (χ3n) is 20.2. The van der Waals surface area contributed by atoms with Gasteiger partial charge in [0, 0.05) is 144 Å². The van der Waals surface area contributed by atoms with E-state index in [0.717, 1.165) is 22.1 Å². The number of nitrogen functional groups attached to an aromatic ring is 2. The Morgan fingerprint density at radius 3 is 1.31 bits per heavy atom. The number of nitrogens with two attached hydrogens (primary N) is 2. The molecule has 54 heteroatoms. The normalized spacial score (nSPS) is 18.1. The van der Waals surface area contributed by atoms with Crippen LogP contribution >= 0.6 is 46.9 Å². The fourth-order valence-electron chi connectivity index (χ4n) is 14.3. The van der Waals surface area contributed by atoms with Crippen molar-refractivity contribution < 1.29 is 151 Å². The van der Waals surface area contributed by atoms with Crippen LogP contribution in [0.15, 0.2) is 140 Å². The smallest absolute Gasteiger partial charge is 0.490 e. The number of phosphoric ester groups is 2. The Balaban J connectivity index is 0.000000224. The minimum Gasteiger partial charge on any atom is -0.545 e. The SMILES string of the molecule is CN(C)c1ccc2c(-c3cc(C(=O)NCC#Cc4cn([C@H]5C[C@H](O)[C@@H](COP(=O)(O)OP(=O)(O)OP(=O)(O)O)O5)c5nc(N)[nH]c(=O)c45)ccc3C(=O)[O-])c3ccc(=[N+](C)C)cc-3oc2c1.CN(C)c1ccc2c(-c3ccc(C(=O)NCC#Cc4cn([C@H]5C[C@H](O)[C@@H](COP(=O)(O)OP(=O)(O)OP(=O)(O)O)O5)c5nc(N)[nH]c(=O)c45)cc3C(=O)[O-])c3ccc(=[N+](C)C)cc-3oc2c1. The molecule has 48 nitrogen and oxygen atoms in total. The van der Waals surface area contributed by atoms with Crippen LogP contribution in [0.5, 0.6) is 0 Å². The number of carbonyl (C=O) groups is 4. The number of aromatic amines is 2. The van der Waals surface area contributed by atoms with Crippen molar-refractivity contribution in [3.63, 3.8) is 0 Å². The van der Waals surface area contributed by atoms with Gasteiger partial charge in [0.25, 0.3) is 22.9 Å². The van der Waals surface area contributed by atoms with E-state index >= 15 is 0 Å². The van der Waals surface area contributed by atoms with Crippen LogP contribution in [-0.4, -0.2) is 209 Å². The van der Waals surface area contributed by atoms with Gasteiger partial charge in [-0.2, -0.15) is 27.2 Å². The summed E-state index contributed by atoms with van der Waals surface area (Å²) in [5, 5.41) is 54.7. The first-order valence-electron chi connectivity index (χ1n) is 38.5. The molecule has 4 aromatic carbocycles. The van der Waals surface area contributed by atoms with Crippen molar-refractivity contribution in [1.82, 2.24) is 48.9 Å². The molecule has 4 unspecified atom stereocenters. The van der Waals surface area contributed by atoms with Crippen LogP contribution < -0.4 is 73.1 Å². The third-order valence-corrected chi connectivity index (χ3v) is 27.8. The van der Waals surface area contributed by atoms with Gasteiger partial charge in [0.1, 0.15) is 75.5 Å². The number of aliphatic hydroxyl groups is 2. The summed E-state index contributed by atoms with van der Waals surface area (Å²) in [5.41, 5.74) is 15.2. The van der Waals surface area contributed by atoms with Crippen LogP contribution in [0.25, 0.3) is 88.9 Å². The lowest BCUT2D eigenvalue weighted by Crippen LogP contribution is -2.26. The number of hydrogen-bond acceptors (Lipinski definition) is 32. The quantitative estimate of drug-likeness (QED) is 0.0160. The molecular weight excluding hydrogens is 1860 g/mol. The summed E-state index contributed by atoms with van der Waals surface area (Å²) < 4.78 is 124. The summed E-state index contributed by atoms with van der Waals surface area (Å²) in [7, 11) is -19.0. The summed E-state index contributed by atoms with van der Waals surface area (Å²) in [6, 6.07) is 30.4. The van der Waals surface area contributed by atoms with Crippen LogP contribution in [0, 0.1) is 23.7 Å². The molecular formula is C78H80N14O34P6. The Kier molecular flexibility index (Phi) is 28.3. The molecule has 132 heavy (non-hydrogen) atoms. The number of amides is 2. The van der Waals surface area contributed by atoms with Crippen molar-refractivity contribution in [2.45, 2.75) is 49.7 Å². The Morgan fingerprint density at radius 2 is 0.917 bits per heavy atom. The van der Waals surface area contributed by atoms with Gasteiger partial charge in [0.2, 0.25) is 22.6 Å². The van der Waals surface area contributed by atoms with Crippen LogP contribution in [0.1, 0.15) is 77.9 Å². The van der Waals surface area contributed by atoms with E-state index in [0.29, 0.717) is 55.7 Å². The zero-order valence-electron chi connectivity index (χ0n) is 69.9. The summed E-state index contributed by atoms with van der Waals surface area (Å²) in [6.45, 7) is -2.49. The molecule has 2 saturated heterocycles. The minimum atomic E-state index is -5.81. The van der Waals surface area contributed by atoms with Gasteiger partial charge in [-0.3, -0.25) is 38.2 Å². The number of carboxylic acid groups (broad SMARTS) is 2. The summed E-state index contributed by atoms with van der Waals surface area (Å²) in [5.74, 6) is 7.10. The van der Waals surface area contributed by atoms with Gasteiger partial charge >= 0.3 is 46.9 Å². The largest absolute Gasteiger partial charge is 0.545 e. The lowest BCUT2D eigenvalue weighted by Gasteiger charge is -2.20. The molecule has 8 heterocycles. The summed E-state index contributed by atoms with van der Waals surface area (Å²) in [4.78, 5) is 169. The predicted octanol–water partition coefficient (Wildman–Crippen LogP) is 2.12. The number of carboxylic acids is 2. The Labute approximate surface area is 742 Å². The lowest BCUT2D eigenvalue weighted by molar-refractivity contribution is -0.256. The molecule has 0 saturated carbocycles. The number of anilines is 4. The number of aliphatic hydroxyl groups excluding tert-OH is 2. The van der Waals surface area contributed by atoms with Crippen molar-refractivity contribution in [3.8, 4) is 68.6 Å². The second kappa shape index (κ2) is 38.3. The van der Waals surface area contributed by atoms with Gasteiger partial charge in [-0.1, -0.05) is 35.8 Å². The number of carbonyl (C=O) groups excluding carboxylic acids is 4. The Bertz CT molecular complexity index is 7370. The number of rotatable bonds is 26. The number of hydrogen-bond donors (Lipinski definition) is 16. The number of nitrogens with one attached hydrogen (secondary N) is 4. The second-order valence-electron chi connectivity index (χ2n) is 30.2. The van der Waals surface area contributed by atoms with Crippen LogP contribution in [0.4, 0.5) is 23.3 Å². The van der Waals surface area contributed by atoms with E-state index in [1.807, 2.05) is 148 Å². The van der Waals surface area contributed by atoms with Gasteiger partial charge in [-0.15, -0.1) is 0 Å². The fourth-order valence-corrected chi connectivity index (χ4v) is 20.4. The maximum Gasteiger partial charge on any atom is 0.490 e. The molecule has 18 N–H and O–H groups in total. The number of fused-ring (bicyclic) bond motifs is 6. The highest BCUT2D eigenvalue weighted by Gasteiger charge is 2.46. The van der Waals surface area contributed by atoms with Crippen LogP contribution in [0.2, 0.25) is 0 Å². The van der Waals surface area contributed by atoms with Gasteiger partial charge in [0.05, 0.1) is 84.5 Å². The highest BCUT2D eigenvalue weighted by Crippen LogP contribution is 2.68. The van der Waals surface area contributed by atoms with Crippen LogP contribution in [-0.2, 0) is 63.2 Å². The van der Waals surface area contributed by atoms with Crippen molar-refractivity contribution in [1.29, 1.82) is 0 Å². The molecule has 2 amide bonds. The van der Waals surface area contributed by atoms with Crippen molar-refractivity contribution in [2.24, 2.45) is 0 Å². The number of nitrogens with zero attached hydrogens (tertiary/aromatic N) is 8. The highest BCUT2D eigenvalue weighted by molar-refractivity contribution is 7.67. The molecule has 14 rings (SSSR count). The second-order valence-corrected chi connectivity index (χ2v) is 39.0. The van der Waals surface area contributed by atoms with Crippen molar-refractivity contribution >= 4 is 138 Å². The van der Waals surface area contributed by atoms with Crippen molar-refractivity contribution in [3.05, 3.63) is 186 Å². The topological polar surface area (TPSA) is 709 Å². The zero-order chi connectivity index (χ0) is 96.1. The highest BCUT2D eigenvalue weighted by atomic mass is 31.3. The zero-order valence-corrected chi connectivity index (χ0v) is 75.3. The molecule has 4 aliphatic heterocycles. The monoisotopic (exact) mass is 1940 g/mol. The first-order chi connectivity index (χ1) is 61.8. The molecule has 10 atom stereocenters. The molecule has 2 fully saturated rings. The van der Waals surface area contributed by atoms with E-state index in [4.69, 9.17) is 49.3 Å². The number of phosphoric acid groups is 6. The number of aromatic carboxylic acids is 2. The molecule has 8 aromatic rings. The number of ether oxygens (including phenoxy) is 2. The maximum absolute atomic E-state index is 13.7. The minimum absolute atomic E-state index is 0.0223. The molecule has 6 aliphatic rings. The van der Waals surface area contributed by atoms with Gasteiger partial charge in [-0.05, 0) is 71.8 Å². The van der Waals surface area contributed by atoms with E-state index < -0.39 is 132 Å². The molecule has 2 aliphatic carbocycles. The number of aromatic nitrogens is 6. The first-order valence-corrected chi connectivity index (χ1v) is 47.5. The summed E-state index contributed by atoms with van der Waals surface area (Å²) >= 11 is 0. The molecule has 696 valence electrons. The molecule has 0 bridgehead atoms. The molecule has 0 spiro atoms. The van der Waals surface area contributed by atoms with Gasteiger partial charge < -0.3 is 129 Å². The number of benzene rings is 6. The average Bonchev–Trinajstić information content (AvgIpc) is 0.892. The Morgan fingerprint density at radius 1 is 0.523 bits per heavy atom. The van der Waals surface area contributed by atoms with E-state index in [9.17, 15) is 96.2 Å². The maximum atomic E-state index is 13.7. The third kappa shape index (κ3) is 22.5. The van der Waals surface area contributed by atoms with E-state index in [1.165, 1.54) is 57.9 Å². The standard InChI is InChI=1S/2C39H40N7O17P3/c1-44(2)22-8-11-25-29(15-22)60-30-16-23(45(3)4)9-12-26(30)34(25)27-14-20(7-10-24(27)38(50)51)36(48)41-13-5-6-21-18-46(35-33(21)37(49)43-39(40)42-35)32-17-28(47)31(61-32)19-59-65(55,56)63-66(57,58)62-64(52,53)54;1-44(2)22-8-11-25-29(15-22)60-30-16-23(45(3)4)9-12-26(30)34(25)24-10-7-20(14-27(24)38(50)51)36(48)41-13-5-6-21-18-46(35-33(21)37(49)43-39(40)42-35)32-17-28(47)31(61-32)19-59-65(55,56)63-66(57,58)62-64(52,53)54/h2*7-12,14-16,18,28,31-32,47H,13,17,19H2,1-4H3,(H8-,40,41,42,43,48,49,50,51,52,53,54,55,56,57,58)/t2*28-,31+,32+/m00/s1. The van der Waals surface area contributed by atoms with Gasteiger partial charge in [-0.25, -0.2) is 36.5 Å². The fraction of sp³-hybridized carbons (Fsp3) is 0.256. The van der Waals surface area contributed by atoms with E-state index in [2.05, 4.69) is 80.5 Å². The van der Waals surface area contributed by atoms with E-state index in [-0.39, 0.29) is 104 Å².